The van der Waals surface area contributed by atoms with E-state index in [0.717, 1.165) is 29.8 Å². The molecule has 2 unspecified atom stereocenters. The van der Waals surface area contributed by atoms with Crippen molar-refractivity contribution in [1.82, 2.24) is 4.90 Å². The standard InChI is InChI=1S/C16H23NO2/c1-11-6-7-13(19-5)10-14(11)16(3)8-9-17(4)12(2)15(16)18/h6-7,10,12H,8-9H2,1-5H3. The molecule has 0 amide bonds. The lowest BCUT2D eigenvalue weighted by Gasteiger charge is -2.41. The van der Waals surface area contributed by atoms with Gasteiger partial charge in [-0.25, -0.2) is 0 Å². The number of hydrogen-bond donors (Lipinski definition) is 0. The Kier molecular flexibility index (Phi) is 3.68. The van der Waals surface area contributed by atoms with Crippen LogP contribution in [0.25, 0.3) is 0 Å². The van der Waals surface area contributed by atoms with E-state index < -0.39 is 5.41 Å². The van der Waals surface area contributed by atoms with Crippen LogP contribution in [0.1, 0.15) is 31.4 Å². The molecule has 0 saturated carbocycles. The van der Waals surface area contributed by atoms with Crippen molar-refractivity contribution in [3.63, 3.8) is 0 Å². The molecular formula is C16H23NO2. The molecule has 104 valence electrons. The molecule has 1 aliphatic heterocycles. The highest BCUT2D eigenvalue weighted by Crippen LogP contribution is 2.37. The molecule has 0 N–H and O–H groups in total. The number of Topliss-reactive ketones (excluding diaryl/α,β-unsaturated/α-hetero) is 1. The molecule has 3 nitrogen and oxygen atoms in total. The average Bonchev–Trinajstić information content (AvgIpc) is 2.41. The minimum atomic E-state index is -0.398. The molecule has 2 rings (SSSR count). The first kappa shape index (κ1) is 14.1. The van der Waals surface area contributed by atoms with Gasteiger partial charge in [-0.3, -0.25) is 9.69 Å². The number of ether oxygens (including phenoxy) is 1. The summed E-state index contributed by atoms with van der Waals surface area (Å²) in [7, 11) is 3.68. The van der Waals surface area contributed by atoms with Gasteiger partial charge in [0.25, 0.3) is 0 Å². The van der Waals surface area contributed by atoms with E-state index in [1.807, 2.05) is 32.2 Å². The molecule has 0 aromatic heterocycles. The normalized spacial score (nSPS) is 28.5. The molecule has 1 aromatic rings. The summed E-state index contributed by atoms with van der Waals surface area (Å²) in [4.78, 5) is 14.9. The van der Waals surface area contributed by atoms with Gasteiger partial charge in [-0.1, -0.05) is 6.07 Å². The minimum absolute atomic E-state index is 0.0237. The number of likely N-dealkylation sites (tertiary alicyclic amines) is 1. The second-order valence-electron chi connectivity index (χ2n) is 5.78. The first-order valence-corrected chi connectivity index (χ1v) is 6.80. The predicted octanol–water partition coefficient (Wildman–Crippen LogP) is 2.55. The van der Waals surface area contributed by atoms with E-state index in [2.05, 4.69) is 18.7 Å². The second kappa shape index (κ2) is 4.97. The third-order valence-electron chi connectivity index (χ3n) is 4.59. The number of piperidine rings is 1. The number of hydrogen-bond acceptors (Lipinski definition) is 3. The summed E-state index contributed by atoms with van der Waals surface area (Å²) in [6.07, 6.45) is 0.862. The van der Waals surface area contributed by atoms with Crippen LogP contribution < -0.4 is 4.74 Å². The molecular weight excluding hydrogens is 238 g/mol. The van der Waals surface area contributed by atoms with E-state index in [4.69, 9.17) is 4.74 Å². The fourth-order valence-electron chi connectivity index (χ4n) is 2.97. The lowest BCUT2D eigenvalue weighted by Crippen LogP contribution is -2.53. The molecule has 3 heteroatoms. The summed E-state index contributed by atoms with van der Waals surface area (Å²) in [5.41, 5.74) is 1.87. The van der Waals surface area contributed by atoms with Crippen LogP contribution in [0, 0.1) is 6.92 Å². The summed E-state index contributed by atoms with van der Waals surface area (Å²) in [6.45, 7) is 7.08. The number of likely N-dealkylation sites (N-methyl/N-ethyl adjacent to an activating group) is 1. The summed E-state index contributed by atoms with van der Waals surface area (Å²) < 4.78 is 5.31. The van der Waals surface area contributed by atoms with Crippen LogP contribution in [0.5, 0.6) is 5.75 Å². The van der Waals surface area contributed by atoms with Crippen LogP contribution in [0.15, 0.2) is 18.2 Å². The van der Waals surface area contributed by atoms with Gasteiger partial charge in [0.05, 0.1) is 18.6 Å². The van der Waals surface area contributed by atoms with Crippen LogP contribution in [0.3, 0.4) is 0 Å². The van der Waals surface area contributed by atoms with Crippen molar-refractivity contribution in [2.24, 2.45) is 0 Å². The van der Waals surface area contributed by atoms with Gasteiger partial charge in [-0.2, -0.15) is 0 Å². The maximum absolute atomic E-state index is 12.7. The van der Waals surface area contributed by atoms with Crippen LogP contribution in [-0.4, -0.2) is 37.4 Å². The number of aryl methyl sites for hydroxylation is 1. The molecule has 1 aromatic carbocycles. The first-order valence-electron chi connectivity index (χ1n) is 6.80. The van der Waals surface area contributed by atoms with Gasteiger partial charge in [-0.15, -0.1) is 0 Å². The predicted molar refractivity (Wildman–Crippen MR) is 76.8 cm³/mol. The molecule has 2 atom stereocenters. The molecule has 1 fully saturated rings. The van der Waals surface area contributed by atoms with Gasteiger partial charge in [0, 0.05) is 0 Å². The van der Waals surface area contributed by atoms with E-state index in [0.29, 0.717) is 5.78 Å². The maximum Gasteiger partial charge on any atom is 0.159 e. The zero-order valence-corrected chi connectivity index (χ0v) is 12.5. The third kappa shape index (κ3) is 2.27. The first-order chi connectivity index (χ1) is 8.90. The van der Waals surface area contributed by atoms with Gasteiger partial charge in [0.2, 0.25) is 0 Å². The van der Waals surface area contributed by atoms with E-state index >= 15 is 0 Å². The van der Waals surface area contributed by atoms with Gasteiger partial charge in [0.1, 0.15) is 5.75 Å². The quantitative estimate of drug-likeness (QED) is 0.819. The maximum atomic E-state index is 12.7. The zero-order valence-electron chi connectivity index (χ0n) is 12.5. The molecule has 0 bridgehead atoms. The number of carbonyl (C=O) groups is 1. The van der Waals surface area contributed by atoms with Crippen LogP contribution in [0.2, 0.25) is 0 Å². The van der Waals surface area contributed by atoms with Gasteiger partial charge < -0.3 is 4.74 Å². The Balaban J connectivity index is 2.47. The van der Waals surface area contributed by atoms with Crippen LogP contribution in [-0.2, 0) is 10.2 Å². The Bertz CT molecular complexity index is 498. The number of carbonyl (C=O) groups excluding carboxylic acids is 1. The molecule has 1 aliphatic rings. The largest absolute Gasteiger partial charge is 0.497 e. The third-order valence-corrected chi connectivity index (χ3v) is 4.59. The van der Waals surface area contributed by atoms with Crippen molar-refractivity contribution >= 4 is 5.78 Å². The summed E-state index contributed by atoms with van der Waals surface area (Å²) in [5.74, 6) is 1.12. The van der Waals surface area contributed by atoms with E-state index in [9.17, 15) is 4.79 Å². The van der Waals surface area contributed by atoms with Crippen molar-refractivity contribution in [2.45, 2.75) is 38.6 Å². The Morgan fingerprint density at radius 3 is 2.74 bits per heavy atom. The van der Waals surface area contributed by atoms with Crippen molar-refractivity contribution in [1.29, 1.82) is 0 Å². The Morgan fingerprint density at radius 1 is 1.42 bits per heavy atom. The van der Waals surface area contributed by atoms with E-state index in [1.54, 1.807) is 7.11 Å². The number of benzene rings is 1. The fraction of sp³-hybridized carbons (Fsp3) is 0.562. The fourth-order valence-corrected chi connectivity index (χ4v) is 2.97. The molecule has 0 radical (unpaired) electrons. The Labute approximate surface area is 115 Å². The Morgan fingerprint density at radius 2 is 2.11 bits per heavy atom. The van der Waals surface area contributed by atoms with Crippen molar-refractivity contribution in [3.8, 4) is 5.75 Å². The smallest absolute Gasteiger partial charge is 0.159 e. The van der Waals surface area contributed by atoms with Crippen LogP contribution in [0.4, 0.5) is 0 Å². The van der Waals surface area contributed by atoms with E-state index in [-0.39, 0.29) is 6.04 Å². The lowest BCUT2D eigenvalue weighted by molar-refractivity contribution is -0.132. The van der Waals surface area contributed by atoms with Crippen LogP contribution >= 0.6 is 0 Å². The number of ketones is 1. The van der Waals surface area contributed by atoms with Gasteiger partial charge in [0.15, 0.2) is 5.78 Å². The average molecular weight is 261 g/mol. The highest BCUT2D eigenvalue weighted by Gasteiger charge is 2.43. The summed E-state index contributed by atoms with van der Waals surface area (Å²) >= 11 is 0. The molecule has 0 spiro atoms. The molecule has 1 heterocycles. The number of methoxy groups -OCH3 is 1. The summed E-state index contributed by atoms with van der Waals surface area (Å²) in [6, 6.07) is 5.98. The minimum Gasteiger partial charge on any atom is -0.497 e. The highest BCUT2D eigenvalue weighted by molar-refractivity contribution is 5.95. The number of nitrogens with zero attached hydrogens (tertiary/aromatic N) is 1. The molecule has 0 aliphatic carbocycles. The van der Waals surface area contributed by atoms with Gasteiger partial charge >= 0.3 is 0 Å². The highest BCUT2D eigenvalue weighted by atomic mass is 16.5. The zero-order chi connectivity index (χ0) is 14.2. The topological polar surface area (TPSA) is 29.5 Å². The van der Waals surface area contributed by atoms with Crippen molar-refractivity contribution < 1.29 is 9.53 Å². The SMILES string of the molecule is COc1ccc(C)c(C2(C)CCN(C)C(C)C2=O)c1. The number of rotatable bonds is 2. The van der Waals surface area contributed by atoms with Crippen molar-refractivity contribution in [3.05, 3.63) is 29.3 Å². The molecule has 19 heavy (non-hydrogen) atoms. The second-order valence-corrected chi connectivity index (χ2v) is 5.78. The van der Waals surface area contributed by atoms with E-state index in [1.165, 1.54) is 0 Å². The Hall–Kier alpha value is -1.35. The summed E-state index contributed by atoms with van der Waals surface area (Å²) in [5, 5.41) is 0. The monoisotopic (exact) mass is 261 g/mol. The van der Waals surface area contributed by atoms with Crippen molar-refractivity contribution in [2.75, 3.05) is 20.7 Å². The van der Waals surface area contributed by atoms with Gasteiger partial charge in [-0.05, 0) is 64.0 Å². The lowest BCUT2D eigenvalue weighted by atomic mass is 9.70. The molecule has 1 saturated heterocycles.